The van der Waals surface area contributed by atoms with Gasteiger partial charge in [0.05, 0.1) is 5.69 Å². The maximum atomic E-state index is 2.46. The molecule has 1 heteroatoms. The second-order valence-corrected chi connectivity index (χ2v) is 16.0. The number of fused-ring (bicyclic) bond motifs is 3. The Kier molecular flexibility index (Phi) is 9.97. The zero-order valence-corrected chi connectivity index (χ0v) is 34.8. The van der Waals surface area contributed by atoms with Crippen LogP contribution in [0, 0.1) is 0 Å². The van der Waals surface area contributed by atoms with Crippen molar-refractivity contribution in [1.82, 2.24) is 0 Å². The van der Waals surface area contributed by atoms with Crippen LogP contribution in [-0.4, -0.2) is 0 Å². The van der Waals surface area contributed by atoms with Gasteiger partial charge in [0.15, 0.2) is 0 Å². The highest BCUT2D eigenvalue weighted by Gasteiger charge is 2.24. The smallest absolute Gasteiger partial charge is 0.0546 e. The van der Waals surface area contributed by atoms with Crippen LogP contribution in [-0.2, 0) is 0 Å². The lowest BCUT2D eigenvalue weighted by Gasteiger charge is -2.30. The molecule has 0 N–H and O–H groups in total. The average Bonchev–Trinajstić information content (AvgIpc) is 3.37. The highest BCUT2D eigenvalue weighted by Crippen LogP contribution is 2.50. The summed E-state index contributed by atoms with van der Waals surface area (Å²) in [5.74, 6) is 0. The van der Waals surface area contributed by atoms with Crippen LogP contribution in [0.4, 0.5) is 17.1 Å². The van der Waals surface area contributed by atoms with Crippen molar-refractivity contribution in [3.05, 3.63) is 261 Å². The van der Waals surface area contributed by atoms with Crippen molar-refractivity contribution in [1.29, 1.82) is 0 Å². The zero-order chi connectivity index (χ0) is 42.0. The van der Waals surface area contributed by atoms with Gasteiger partial charge in [-0.3, -0.25) is 0 Å². The van der Waals surface area contributed by atoms with Crippen molar-refractivity contribution in [3.8, 4) is 66.8 Å². The van der Waals surface area contributed by atoms with E-state index in [0.29, 0.717) is 0 Å². The Bertz CT molecular complexity index is 3340. The summed E-state index contributed by atoms with van der Waals surface area (Å²) in [5.41, 5.74) is 17.6. The van der Waals surface area contributed by atoms with E-state index in [-0.39, 0.29) is 0 Å². The van der Waals surface area contributed by atoms with Crippen molar-refractivity contribution < 1.29 is 0 Å². The van der Waals surface area contributed by atoms with E-state index < -0.39 is 0 Å². The maximum absolute atomic E-state index is 2.46. The molecule has 296 valence electrons. The van der Waals surface area contributed by atoms with Crippen molar-refractivity contribution in [3.63, 3.8) is 0 Å². The van der Waals surface area contributed by atoms with Gasteiger partial charge in [-0.25, -0.2) is 0 Å². The van der Waals surface area contributed by atoms with Gasteiger partial charge in [0.2, 0.25) is 0 Å². The first-order chi connectivity index (χ1) is 31.3. The van der Waals surface area contributed by atoms with Crippen LogP contribution in [0.1, 0.15) is 0 Å². The largest absolute Gasteiger partial charge is 0.310 e. The molecule has 11 aromatic carbocycles. The standard InChI is InChI=1S/C62H43N/c1-6-20-44(21-7-1)50-30-18-31-53(42-50)63(52-39-36-47(37-40-52)54-41-38-51(45-22-8-2-9-23-45)43-58(54)46-24-10-3-11-25-46)59-35-19-34-57-55-32-16-17-33-56(55)60(48-26-12-4-13-27-48)61(62(57)59)49-28-14-5-15-29-49/h1-43H. The zero-order valence-electron chi connectivity index (χ0n) is 34.8. The molecule has 0 aliphatic rings. The van der Waals surface area contributed by atoms with Crippen LogP contribution in [0.15, 0.2) is 261 Å². The van der Waals surface area contributed by atoms with Crippen LogP contribution < -0.4 is 4.90 Å². The van der Waals surface area contributed by atoms with Gasteiger partial charge in [-0.05, 0) is 114 Å². The molecule has 11 rings (SSSR count). The van der Waals surface area contributed by atoms with Crippen LogP contribution in [0.2, 0.25) is 0 Å². The molecule has 0 unspecified atom stereocenters. The minimum Gasteiger partial charge on any atom is -0.310 e. The van der Waals surface area contributed by atoms with Crippen LogP contribution >= 0.6 is 0 Å². The first-order valence-corrected chi connectivity index (χ1v) is 21.7. The quantitative estimate of drug-likeness (QED) is 0.131. The molecule has 0 amide bonds. The van der Waals surface area contributed by atoms with Gasteiger partial charge in [-0.2, -0.15) is 0 Å². The molecule has 0 aliphatic carbocycles. The minimum atomic E-state index is 1.08. The first kappa shape index (κ1) is 37.7. The predicted molar refractivity (Wildman–Crippen MR) is 269 cm³/mol. The Labute approximate surface area is 369 Å². The summed E-state index contributed by atoms with van der Waals surface area (Å²) in [6, 6.07) is 94.7. The molecular formula is C62H43N. The van der Waals surface area contributed by atoms with Gasteiger partial charge in [-0.1, -0.05) is 224 Å². The van der Waals surface area contributed by atoms with E-state index in [9.17, 15) is 0 Å². The number of benzene rings is 11. The molecule has 63 heavy (non-hydrogen) atoms. The van der Waals surface area contributed by atoms with Gasteiger partial charge < -0.3 is 4.90 Å². The van der Waals surface area contributed by atoms with Gasteiger partial charge in [-0.15, -0.1) is 0 Å². The van der Waals surface area contributed by atoms with E-state index >= 15 is 0 Å². The molecule has 0 aliphatic heterocycles. The average molecular weight is 802 g/mol. The Morgan fingerprint density at radius 1 is 0.222 bits per heavy atom. The third kappa shape index (κ3) is 7.16. The molecule has 0 saturated carbocycles. The number of nitrogens with zero attached hydrogens (tertiary/aromatic N) is 1. The van der Waals surface area contributed by atoms with Crippen molar-refractivity contribution in [2.24, 2.45) is 0 Å². The topological polar surface area (TPSA) is 3.24 Å². The SMILES string of the molecule is c1ccc(-c2cccc(N(c3ccc(-c4ccc(-c5ccccc5)cc4-c4ccccc4)cc3)c3cccc4c3c(-c3ccccc3)c(-c3ccccc3)c3ccccc34)c2)cc1. The molecule has 0 spiro atoms. The lowest BCUT2D eigenvalue weighted by molar-refractivity contribution is 1.30. The van der Waals surface area contributed by atoms with E-state index in [2.05, 4.69) is 266 Å². The summed E-state index contributed by atoms with van der Waals surface area (Å²) in [5, 5.41) is 4.89. The molecule has 0 heterocycles. The van der Waals surface area contributed by atoms with Gasteiger partial charge >= 0.3 is 0 Å². The van der Waals surface area contributed by atoms with E-state index in [4.69, 9.17) is 0 Å². The van der Waals surface area contributed by atoms with Gasteiger partial charge in [0, 0.05) is 22.3 Å². The fourth-order valence-electron chi connectivity index (χ4n) is 9.34. The highest BCUT2D eigenvalue weighted by atomic mass is 15.1. The normalized spacial score (nSPS) is 11.2. The number of anilines is 3. The Morgan fingerprint density at radius 2 is 0.667 bits per heavy atom. The predicted octanol–water partition coefficient (Wildman–Crippen LogP) is 17.5. The Balaban J connectivity index is 1.16. The Morgan fingerprint density at radius 3 is 1.29 bits per heavy atom. The maximum Gasteiger partial charge on any atom is 0.0546 e. The molecule has 0 fully saturated rings. The van der Waals surface area contributed by atoms with Crippen molar-refractivity contribution in [2.45, 2.75) is 0 Å². The molecule has 11 aromatic rings. The summed E-state index contributed by atoms with van der Waals surface area (Å²) in [6.45, 7) is 0. The molecule has 0 aromatic heterocycles. The summed E-state index contributed by atoms with van der Waals surface area (Å²) in [6.07, 6.45) is 0. The van der Waals surface area contributed by atoms with Crippen molar-refractivity contribution in [2.75, 3.05) is 4.90 Å². The van der Waals surface area contributed by atoms with E-state index in [1.54, 1.807) is 0 Å². The molecular weight excluding hydrogens is 759 g/mol. The Hall–Kier alpha value is -8.26. The number of rotatable bonds is 9. The summed E-state index contributed by atoms with van der Waals surface area (Å²) < 4.78 is 0. The van der Waals surface area contributed by atoms with Gasteiger partial charge in [0.1, 0.15) is 0 Å². The van der Waals surface area contributed by atoms with E-state index in [1.165, 1.54) is 82.7 Å². The highest BCUT2D eigenvalue weighted by molar-refractivity contribution is 6.25. The van der Waals surface area contributed by atoms with Crippen molar-refractivity contribution >= 4 is 38.6 Å². The van der Waals surface area contributed by atoms with Crippen LogP contribution in [0.5, 0.6) is 0 Å². The molecule has 0 bridgehead atoms. The monoisotopic (exact) mass is 801 g/mol. The lowest BCUT2D eigenvalue weighted by Crippen LogP contribution is -2.11. The number of hydrogen-bond acceptors (Lipinski definition) is 1. The molecule has 0 atom stereocenters. The second kappa shape index (κ2) is 16.7. The van der Waals surface area contributed by atoms with E-state index in [1.807, 2.05) is 0 Å². The first-order valence-electron chi connectivity index (χ1n) is 21.7. The second-order valence-electron chi connectivity index (χ2n) is 16.0. The fraction of sp³-hybridized carbons (Fsp3) is 0. The fourth-order valence-corrected chi connectivity index (χ4v) is 9.34. The lowest BCUT2D eigenvalue weighted by atomic mass is 9.84. The minimum absolute atomic E-state index is 1.08. The molecule has 1 nitrogen and oxygen atoms in total. The van der Waals surface area contributed by atoms with Gasteiger partial charge in [0.25, 0.3) is 0 Å². The van der Waals surface area contributed by atoms with Crippen LogP contribution in [0.3, 0.4) is 0 Å². The molecule has 0 saturated heterocycles. The summed E-state index contributed by atoms with van der Waals surface area (Å²) >= 11 is 0. The van der Waals surface area contributed by atoms with Crippen LogP contribution in [0.25, 0.3) is 88.3 Å². The molecule has 0 radical (unpaired) electrons. The summed E-state index contributed by atoms with van der Waals surface area (Å²) in [7, 11) is 0. The number of hydrogen-bond donors (Lipinski definition) is 0. The third-order valence-corrected chi connectivity index (χ3v) is 12.3. The summed E-state index contributed by atoms with van der Waals surface area (Å²) in [4.78, 5) is 2.46. The van der Waals surface area contributed by atoms with E-state index in [0.717, 1.165) is 22.6 Å². The third-order valence-electron chi connectivity index (χ3n) is 12.3.